The molecule has 10 rings (SSSR count). The molecule has 0 atom stereocenters. The van der Waals surface area contributed by atoms with Crippen LogP contribution < -0.4 is 0 Å². The Balaban J connectivity index is 1.20. The Morgan fingerprint density at radius 2 is 0.889 bits per heavy atom. The molecule has 0 radical (unpaired) electrons. The lowest BCUT2D eigenvalue weighted by Crippen LogP contribution is -1.93. The maximum absolute atomic E-state index is 12.6. The molecule has 0 aromatic heterocycles. The number of carbonyl (C=O) groups is 1. The lowest BCUT2D eigenvalue weighted by atomic mass is 9.84. The van der Waals surface area contributed by atoms with Crippen molar-refractivity contribution < 1.29 is 4.79 Å². The number of hydrogen-bond acceptors (Lipinski definition) is 1. The van der Waals surface area contributed by atoms with Gasteiger partial charge in [0.15, 0.2) is 5.78 Å². The molecule has 210 valence electrons. The van der Waals surface area contributed by atoms with Gasteiger partial charge in [-0.05, 0) is 106 Å². The summed E-state index contributed by atoms with van der Waals surface area (Å²) in [4.78, 5) is 12.6. The molecule has 0 heterocycles. The minimum absolute atomic E-state index is 0.224. The molecule has 0 unspecified atom stereocenters. The second-order valence-electron chi connectivity index (χ2n) is 12.6. The summed E-state index contributed by atoms with van der Waals surface area (Å²) in [6.07, 6.45) is 2.77. The van der Waals surface area contributed by atoms with Crippen LogP contribution in [0.25, 0.3) is 76.5 Å². The maximum Gasteiger partial charge on any atom is 0.167 e. The van der Waals surface area contributed by atoms with E-state index in [0.717, 1.165) is 34.7 Å². The van der Waals surface area contributed by atoms with Gasteiger partial charge in [-0.1, -0.05) is 133 Å². The highest BCUT2D eigenvalue weighted by Crippen LogP contribution is 2.47. The molecule has 0 aliphatic heterocycles. The fourth-order valence-electron chi connectivity index (χ4n) is 8.39. The molecule has 1 nitrogen and oxygen atoms in total. The molecule has 0 amide bonds. The van der Waals surface area contributed by atoms with E-state index in [9.17, 15) is 4.79 Å². The van der Waals surface area contributed by atoms with Crippen LogP contribution in [0.15, 0.2) is 133 Å². The van der Waals surface area contributed by atoms with Crippen LogP contribution in [-0.2, 0) is 19.3 Å². The maximum atomic E-state index is 12.6. The lowest BCUT2D eigenvalue weighted by molar-refractivity contribution is 0.1000. The van der Waals surface area contributed by atoms with Crippen molar-refractivity contribution in [3.05, 3.63) is 156 Å². The molecular formula is C44H28O. The highest BCUT2D eigenvalue weighted by molar-refractivity contribution is 6.24. The first-order valence-electron chi connectivity index (χ1n) is 15.9. The van der Waals surface area contributed by atoms with Gasteiger partial charge >= 0.3 is 0 Å². The molecule has 45 heavy (non-hydrogen) atoms. The van der Waals surface area contributed by atoms with Crippen LogP contribution in [0.1, 0.15) is 27.0 Å². The van der Waals surface area contributed by atoms with Gasteiger partial charge in [0, 0.05) is 12.0 Å². The number of fused-ring (bicyclic) bond motifs is 2. The fourth-order valence-corrected chi connectivity index (χ4v) is 8.39. The lowest BCUT2D eigenvalue weighted by Gasteiger charge is -2.19. The molecular weight excluding hydrogens is 544 g/mol. The summed E-state index contributed by atoms with van der Waals surface area (Å²) >= 11 is 0. The average Bonchev–Trinajstić information content (AvgIpc) is 3.67. The normalized spacial score (nSPS) is 13.6. The zero-order valence-corrected chi connectivity index (χ0v) is 24.7. The summed E-state index contributed by atoms with van der Waals surface area (Å²) in [5.74, 6) is 0.224. The third-order valence-corrected chi connectivity index (χ3v) is 10.3. The van der Waals surface area contributed by atoms with Crippen LogP contribution in [0.4, 0.5) is 0 Å². The molecule has 0 bridgehead atoms. The van der Waals surface area contributed by atoms with E-state index in [2.05, 4.69) is 121 Å². The topological polar surface area (TPSA) is 17.1 Å². The third-order valence-electron chi connectivity index (χ3n) is 10.3. The molecule has 0 N–H and O–H groups in total. The molecule has 0 fully saturated rings. The van der Waals surface area contributed by atoms with Crippen molar-refractivity contribution in [2.45, 2.75) is 19.3 Å². The first-order valence-corrected chi connectivity index (χ1v) is 15.9. The molecule has 8 aromatic carbocycles. The van der Waals surface area contributed by atoms with Gasteiger partial charge in [0.2, 0.25) is 0 Å². The van der Waals surface area contributed by atoms with Gasteiger partial charge in [-0.2, -0.15) is 0 Å². The van der Waals surface area contributed by atoms with E-state index in [1.807, 2.05) is 12.1 Å². The van der Waals surface area contributed by atoms with Crippen molar-refractivity contribution in [2.24, 2.45) is 0 Å². The van der Waals surface area contributed by atoms with Gasteiger partial charge in [-0.15, -0.1) is 0 Å². The Kier molecular flexibility index (Phi) is 5.10. The summed E-state index contributed by atoms with van der Waals surface area (Å²) < 4.78 is 0. The van der Waals surface area contributed by atoms with Crippen molar-refractivity contribution in [1.82, 2.24) is 0 Å². The van der Waals surface area contributed by atoms with E-state index < -0.39 is 0 Å². The van der Waals surface area contributed by atoms with Crippen LogP contribution in [0, 0.1) is 0 Å². The minimum Gasteiger partial charge on any atom is -0.294 e. The summed E-state index contributed by atoms with van der Waals surface area (Å²) in [6.45, 7) is 0. The van der Waals surface area contributed by atoms with Gasteiger partial charge in [0.25, 0.3) is 0 Å². The predicted molar refractivity (Wildman–Crippen MR) is 188 cm³/mol. The first-order chi connectivity index (χ1) is 22.2. The van der Waals surface area contributed by atoms with E-state index in [-0.39, 0.29) is 5.78 Å². The van der Waals surface area contributed by atoms with Gasteiger partial charge in [-0.25, -0.2) is 0 Å². The summed E-state index contributed by atoms with van der Waals surface area (Å²) in [6, 6.07) is 48.9. The van der Waals surface area contributed by atoms with Gasteiger partial charge in [0.1, 0.15) is 0 Å². The van der Waals surface area contributed by atoms with Crippen molar-refractivity contribution in [2.75, 3.05) is 0 Å². The summed E-state index contributed by atoms with van der Waals surface area (Å²) in [5.41, 5.74) is 12.4. The van der Waals surface area contributed by atoms with Gasteiger partial charge in [0.05, 0.1) is 0 Å². The predicted octanol–water partition coefficient (Wildman–Crippen LogP) is 11.1. The third kappa shape index (κ3) is 3.47. The van der Waals surface area contributed by atoms with Crippen LogP contribution in [0.5, 0.6) is 0 Å². The number of aryl methyl sites for hydroxylation is 2. The molecule has 2 aliphatic carbocycles. The standard InChI is InChI=1S/C44H28O/c45-40-25-30-22-23-31(32-13-6-14-39(40)43(30)32)26-15-17-29(18-16-26)42-34-8-1-3-10-36(34)44(37-11-4-2-9-35(37)42)38-24-21-28-20-19-27-7-5-12-33(38)41(27)28/h1-18,21-24H,19-20,25H2. The fraction of sp³-hybridized carbons (Fsp3) is 0.0682. The Labute approximate surface area is 261 Å². The van der Waals surface area contributed by atoms with Crippen LogP contribution >= 0.6 is 0 Å². The monoisotopic (exact) mass is 572 g/mol. The van der Waals surface area contributed by atoms with Crippen LogP contribution in [0.3, 0.4) is 0 Å². The van der Waals surface area contributed by atoms with Crippen molar-refractivity contribution in [3.8, 4) is 33.4 Å². The molecule has 0 saturated carbocycles. The number of Topliss-reactive ketones (excluding diaryl/α,β-unsaturated/α-hetero) is 1. The minimum atomic E-state index is 0.224. The highest BCUT2D eigenvalue weighted by Gasteiger charge is 2.24. The Morgan fingerprint density at radius 3 is 1.60 bits per heavy atom. The van der Waals surface area contributed by atoms with E-state index >= 15 is 0 Å². The first kappa shape index (κ1) is 24.9. The molecule has 1 heteroatoms. The molecule has 0 spiro atoms. The number of ketones is 1. The van der Waals surface area contributed by atoms with Crippen LogP contribution in [0.2, 0.25) is 0 Å². The second kappa shape index (κ2) is 9.24. The molecule has 0 saturated heterocycles. The Morgan fingerprint density at radius 1 is 0.356 bits per heavy atom. The second-order valence-corrected chi connectivity index (χ2v) is 12.6. The molecule has 2 aliphatic rings. The quantitative estimate of drug-likeness (QED) is 0.192. The Hall–Kier alpha value is -5.53. The van der Waals surface area contributed by atoms with Gasteiger partial charge < -0.3 is 0 Å². The van der Waals surface area contributed by atoms with E-state index in [0.29, 0.717) is 6.42 Å². The SMILES string of the molecule is O=C1Cc2ccc(-c3ccc(-c4c5ccccc5c(-c5ccc6c7c(cccc57)CC6)c5ccccc45)cc3)c3cccc1c23. The number of hydrogen-bond donors (Lipinski definition) is 0. The van der Waals surface area contributed by atoms with E-state index in [1.54, 1.807) is 0 Å². The smallest absolute Gasteiger partial charge is 0.167 e. The largest absolute Gasteiger partial charge is 0.294 e. The summed E-state index contributed by atoms with van der Waals surface area (Å²) in [5, 5.41) is 10.2. The van der Waals surface area contributed by atoms with Crippen molar-refractivity contribution in [3.63, 3.8) is 0 Å². The zero-order chi connectivity index (χ0) is 29.6. The zero-order valence-electron chi connectivity index (χ0n) is 24.7. The van der Waals surface area contributed by atoms with Crippen molar-refractivity contribution in [1.29, 1.82) is 0 Å². The molecule has 8 aromatic rings. The summed E-state index contributed by atoms with van der Waals surface area (Å²) in [7, 11) is 0. The number of carbonyl (C=O) groups excluding carboxylic acids is 1. The van der Waals surface area contributed by atoms with Gasteiger partial charge in [-0.3, -0.25) is 4.79 Å². The Bertz CT molecular complexity index is 2500. The van der Waals surface area contributed by atoms with E-state index in [4.69, 9.17) is 0 Å². The highest BCUT2D eigenvalue weighted by atomic mass is 16.1. The average molecular weight is 573 g/mol. The van der Waals surface area contributed by atoms with E-state index in [1.165, 1.54) is 76.8 Å². The van der Waals surface area contributed by atoms with Crippen molar-refractivity contribution >= 4 is 48.9 Å². The number of rotatable bonds is 3. The van der Waals surface area contributed by atoms with Crippen LogP contribution in [-0.4, -0.2) is 5.78 Å². The number of benzene rings is 8.